The molecule has 3 aromatic heterocycles. The molecule has 0 saturated carbocycles. The van der Waals surface area contributed by atoms with Gasteiger partial charge in [0.1, 0.15) is 0 Å². The van der Waals surface area contributed by atoms with E-state index in [0.717, 1.165) is 11.4 Å². The van der Waals surface area contributed by atoms with Gasteiger partial charge in [-0.05, 0) is 83.9 Å². The molecule has 0 unspecified atom stereocenters. The monoisotopic (exact) mass is 649 g/mol. The summed E-state index contributed by atoms with van der Waals surface area (Å²) in [6, 6.07) is 68.4. The number of fused-ring (bicyclic) bond motifs is 9. The zero-order valence-electron chi connectivity index (χ0n) is 27.7. The molecule has 3 heterocycles. The van der Waals surface area contributed by atoms with Gasteiger partial charge in [0.25, 0.3) is 0 Å². The Morgan fingerprint density at radius 1 is 0.216 bits per heavy atom. The minimum atomic E-state index is 1.15. The lowest BCUT2D eigenvalue weighted by molar-refractivity contribution is 1.16. The zero-order chi connectivity index (χ0) is 33.5. The summed E-state index contributed by atoms with van der Waals surface area (Å²) in [5.74, 6) is 0. The molecule has 0 atom stereocenters. The van der Waals surface area contributed by atoms with E-state index in [9.17, 15) is 0 Å². The molecule has 0 radical (unpaired) electrons. The predicted octanol–water partition coefficient (Wildman–Crippen LogP) is 12.6. The first-order valence-electron chi connectivity index (χ1n) is 17.5. The van der Waals surface area contributed by atoms with Crippen molar-refractivity contribution in [2.24, 2.45) is 0 Å². The first kappa shape index (κ1) is 28.0. The van der Waals surface area contributed by atoms with Crippen LogP contribution >= 0.6 is 0 Å². The van der Waals surface area contributed by atoms with Gasteiger partial charge in [0.05, 0.1) is 33.1 Å². The molecule has 0 aliphatic carbocycles. The Hall–Kier alpha value is -6.84. The number of hydrogen-bond donors (Lipinski definition) is 0. The van der Waals surface area contributed by atoms with Crippen molar-refractivity contribution >= 4 is 65.4 Å². The number of aromatic nitrogens is 3. The van der Waals surface area contributed by atoms with Gasteiger partial charge in [-0.25, -0.2) is 0 Å². The Kier molecular flexibility index (Phi) is 5.96. The molecule has 0 saturated heterocycles. The van der Waals surface area contributed by atoms with Crippen LogP contribution in [0, 0.1) is 0 Å². The molecule has 3 heteroatoms. The van der Waals surface area contributed by atoms with E-state index >= 15 is 0 Å². The second kappa shape index (κ2) is 10.8. The van der Waals surface area contributed by atoms with Crippen molar-refractivity contribution < 1.29 is 0 Å². The van der Waals surface area contributed by atoms with Gasteiger partial charge in [-0.3, -0.25) is 0 Å². The van der Waals surface area contributed by atoms with Gasteiger partial charge in [0, 0.05) is 49.4 Å². The summed E-state index contributed by atoms with van der Waals surface area (Å²) in [5.41, 5.74) is 13.1. The van der Waals surface area contributed by atoms with Crippen LogP contribution < -0.4 is 0 Å². The summed E-state index contributed by atoms with van der Waals surface area (Å²) in [6.45, 7) is 0. The zero-order valence-corrected chi connectivity index (χ0v) is 27.7. The quantitative estimate of drug-likeness (QED) is 0.180. The fourth-order valence-electron chi connectivity index (χ4n) is 8.40. The lowest BCUT2D eigenvalue weighted by Gasteiger charge is -2.12. The Balaban J connectivity index is 1.21. The van der Waals surface area contributed by atoms with Crippen molar-refractivity contribution in [2.45, 2.75) is 0 Å². The average Bonchev–Trinajstić information content (AvgIpc) is 3.83. The molecule has 0 aliphatic heterocycles. The van der Waals surface area contributed by atoms with Crippen LogP contribution in [0.1, 0.15) is 0 Å². The smallest absolute Gasteiger partial charge is 0.0562 e. The summed E-state index contributed by atoms with van der Waals surface area (Å²) < 4.78 is 7.28. The van der Waals surface area contributed by atoms with E-state index in [1.165, 1.54) is 82.2 Å². The Labute approximate surface area is 294 Å². The minimum Gasteiger partial charge on any atom is -0.309 e. The van der Waals surface area contributed by atoms with Gasteiger partial charge >= 0.3 is 0 Å². The summed E-state index contributed by atoms with van der Waals surface area (Å²) in [6.07, 6.45) is 0. The van der Waals surface area contributed by atoms with E-state index in [-0.39, 0.29) is 0 Å². The molecule has 0 spiro atoms. The summed E-state index contributed by atoms with van der Waals surface area (Å²) in [7, 11) is 0. The summed E-state index contributed by atoms with van der Waals surface area (Å²) in [4.78, 5) is 0. The maximum absolute atomic E-state index is 2.46. The highest BCUT2D eigenvalue weighted by molar-refractivity contribution is 6.19. The van der Waals surface area contributed by atoms with Crippen molar-refractivity contribution in [3.63, 3.8) is 0 Å². The van der Waals surface area contributed by atoms with Crippen molar-refractivity contribution in [3.8, 4) is 28.2 Å². The van der Waals surface area contributed by atoms with E-state index < -0.39 is 0 Å². The Bertz CT molecular complexity index is 3120. The fourth-order valence-corrected chi connectivity index (χ4v) is 8.40. The van der Waals surface area contributed by atoms with Gasteiger partial charge in [-0.1, -0.05) is 115 Å². The molecule has 0 bridgehead atoms. The van der Waals surface area contributed by atoms with Crippen LogP contribution in [0.5, 0.6) is 0 Å². The highest BCUT2D eigenvalue weighted by Gasteiger charge is 2.20. The molecule has 238 valence electrons. The second-order valence-corrected chi connectivity index (χ2v) is 13.4. The molecular weight excluding hydrogens is 619 g/mol. The van der Waals surface area contributed by atoms with Crippen LogP contribution in [-0.2, 0) is 0 Å². The topological polar surface area (TPSA) is 14.8 Å². The van der Waals surface area contributed by atoms with E-state index in [4.69, 9.17) is 0 Å². The third kappa shape index (κ3) is 4.12. The summed E-state index contributed by atoms with van der Waals surface area (Å²) >= 11 is 0. The highest BCUT2D eigenvalue weighted by Crippen LogP contribution is 2.41. The molecule has 0 aliphatic rings. The number of benzene rings is 8. The predicted molar refractivity (Wildman–Crippen MR) is 215 cm³/mol. The van der Waals surface area contributed by atoms with Crippen molar-refractivity contribution in [2.75, 3.05) is 0 Å². The largest absolute Gasteiger partial charge is 0.309 e. The van der Waals surface area contributed by atoms with Crippen molar-refractivity contribution in [1.29, 1.82) is 0 Å². The first-order valence-corrected chi connectivity index (χ1v) is 17.5. The molecule has 11 rings (SSSR count). The average molecular weight is 650 g/mol. The van der Waals surface area contributed by atoms with Gasteiger partial charge in [-0.2, -0.15) is 0 Å². The normalized spacial score (nSPS) is 11.9. The van der Waals surface area contributed by atoms with Crippen LogP contribution in [0.4, 0.5) is 0 Å². The van der Waals surface area contributed by atoms with Gasteiger partial charge in [-0.15, -0.1) is 0 Å². The lowest BCUT2D eigenvalue weighted by Crippen LogP contribution is -1.97. The maximum atomic E-state index is 2.46. The van der Waals surface area contributed by atoms with E-state index in [1.807, 2.05) is 0 Å². The van der Waals surface area contributed by atoms with Gasteiger partial charge in [0.15, 0.2) is 0 Å². The molecular formula is C48H31N3. The number of para-hydroxylation sites is 4. The number of nitrogens with zero attached hydrogens (tertiary/aromatic N) is 3. The fraction of sp³-hybridized carbons (Fsp3) is 0. The van der Waals surface area contributed by atoms with E-state index in [0.29, 0.717) is 0 Å². The molecule has 0 amide bonds. The molecule has 8 aromatic carbocycles. The molecule has 51 heavy (non-hydrogen) atoms. The van der Waals surface area contributed by atoms with E-state index in [2.05, 4.69) is 202 Å². The standard InChI is InChI=1S/C48H31N3/c1-3-14-32(15-4-1)33-16-13-19-35(28-33)50-44-24-11-8-21-38(44)41-30-42-39-22-9-12-25-45(39)51(48(42)31-47(41)50)36-26-27-46-40(29-36)37-20-7-10-23-43(37)49(46)34-17-5-2-6-18-34/h1-31H. The Morgan fingerprint density at radius 2 is 0.647 bits per heavy atom. The van der Waals surface area contributed by atoms with Crippen molar-refractivity contribution in [3.05, 3.63) is 188 Å². The maximum Gasteiger partial charge on any atom is 0.0562 e. The first-order chi connectivity index (χ1) is 25.3. The Morgan fingerprint density at radius 3 is 1.25 bits per heavy atom. The highest BCUT2D eigenvalue weighted by atomic mass is 15.0. The SMILES string of the molecule is c1ccc(-c2cccc(-n3c4ccccc4c4cc5c6ccccc6n(-c6ccc7c(c6)c6ccccc6n7-c6ccccc6)c5cc43)c2)cc1. The van der Waals surface area contributed by atoms with Crippen LogP contribution in [0.2, 0.25) is 0 Å². The molecule has 11 aromatic rings. The minimum absolute atomic E-state index is 1.15. The van der Waals surface area contributed by atoms with Crippen LogP contribution in [-0.4, -0.2) is 13.7 Å². The molecule has 0 N–H and O–H groups in total. The third-order valence-electron chi connectivity index (χ3n) is 10.6. The van der Waals surface area contributed by atoms with Gasteiger partial charge < -0.3 is 13.7 Å². The molecule has 0 fully saturated rings. The van der Waals surface area contributed by atoms with Crippen LogP contribution in [0.3, 0.4) is 0 Å². The molecule has 3 nitrogen and oxygen atoms in total. The van der Waals surface area contributed by atoms with Crippen LogP contribution in [0.25, 0.3) is 93.6 Å². The third-order valence-corrected chi connectivity index (χ3v) is 10.6. The summed E-state index contributed by atoms with van der Waals surface area (Å²) in [5, 5.41) is 7.51. The van der Waals surface area contributed by atoms with Crippen molar-refractivity contribution in [1.82, 2.24) is 13.7 Å². The van der Waals surface area contributed by atoms with E-state index in [1.54, 1.807) is 0 Å². The lowest BCUT2D eigenvalue weighted by atomic mass is 10.1. The number of rotatable bonds is 4. The second-order valence-electron chi connectivity index (χ2n) is 13.4. The van der Waals surface area contributed by atoms with Crippen LogP contribution in [0.15, 0.2) is 188 Å². The van der Waals surface area contributed by atoms with Gasteiger partial charge in [0.2, 0.25) is 0 Å². The number of hydrogen-bond acceptors (Lipinski definition) is 0.